The summed E-state index contributed by atoms with van der Waals surface area (Å²) in [7, 11) is -3.27. The van der Waals surface area contributed by atoms with Crippen LogP contribution in [0.5, 0.6) is 0 Å². The van der Waals surface area contributed by atoms with E-state index in [0.29, 0.717) is 22.9 Å². The predicted octanol–water partition coefficient (Wildman–Crippen LogP) is 3.58. The molecule has 0 spiro atoms. The second-order valence-electron chi connectivity index (χ2n) is 7.43. The molecule has 0 aliphatic rings. The fraction of sp³-hybridized carbons (Fsp3) is 0.120. The van der Waals surface area contributed by atoms with Crippen LogP contribution in [0.1, 0.15) is 16.7 Å². The van der Waals surface area contributed by atoms with E-state index in [1.807, 2.05) is 6.07 Å². The highest BCUT2D eigenvalue weighted by molar-refractivity contribution is 7.90. The second-order valence-corrected chi connectivity index (χ2v) is 9.45. The molecular weight excluding hydrogens is 427 g/mol. The molecule has 4 rings (SSSR count). The van der Waals surface area contributed by atoms with Crippen LogP contribution in [0, 0.1) is 17.7 Å². The van der Waals surface area contributed by atoms with Crippen LogP contribution >= 0.6 is 0 Å². The molecule has 3 aromatic carbocycles. The molecule has 0 aliphatic heterocycles. The Bertz CT molecular complexity index is 1530. The van der Waals surface area contributed by atoms with Crippen LogP contribution in [-0.2, 0) is 22.8 Å². The number of aromatic nitrogens is 2. The monoisotopic (exact) mass is 446 g/mol. The fourth-order valence-electron chi connectivity index (χ4n) is 3.28. The van der Waals surface area contributed by atoms with Crippen LogP contribution in [0.15, 0.2) is 82.7 Å². The van der Waals surface area contributed by atoms with Gasteiger partial charge in [0, 0.05) is 18.2 Å². The molecule has 1 aromatic heterocycles. The zero-order valence-corrected chi connectivity index (χ0v) is 18.1. The van der Waals surface area contributed by atoms with E-state index in [2.05, 4.69) is 16.8 Å². The average Bonchev–Trinajstić information content (AvgIpc) is 2.76. The van der Waals surface area contributed by atoms with Crippen LogP contribution in [-0.4, -0.2) is 24.2 Å². The van der Waals surface area contributed by atoms with Crippen molar-refractivity contribution in [1.82, 2.24) is 9.55 Å². The summed E-state index contributed by atoms with van der Waals surface area (Å²) in [4.78, 5) is 17.6. The van der Waals surface area contributed by atoms with Crippen molar-refractivity contribution < 1.29 is 12.8 Å². The third kappa shape index (κ3) is 4.93. The molecule has 32 heavy (non-hydrogen) atoms. The van der Waals surface area contributed by atoms with E-state index in [4.69, 9.17) is 0 Å². The molecule has 0 amide bonds. The fourth-order valence-corrected chi connectivity index (χ4v) is 3.91. The van der Waals surface area contributed by atoms with Crippen molar-refractivity contribution in [3.8, 4) is 11.8 Å². The van der Waals surface area contributed by atoms with Crippen molar-refractivity contribution in [1.29, 1.82) is 0 Å². The Morgan fingerprint density at radius 1 is 1.00 bits per heavy atom. The molecule has 1 heterocycles. The van der Waals surface area contributed by atoms with Crippen molar-refractivity contribution in [2.75, 3.05) is 6.26 Å². The molecular formula is C25H19FN2O3S. The molecule has 0 saturated carbocycles. The van der Waals surface area contributed by atoms with Gasteiger partial charge in [-0.2, -0.15) is 0 Å². The van der Waals surface area contributed by atoms with Gasteiger partial charge in [-0.1, -0.05) is 36.1 Å². The first kappa shape index (κ1) is 21.5. The molecule has 0 unspecified atom stereocenters. The van der Waals surface area contributed by atoms with Gasteiger partial charge in [0.15, 0.2) is 9.84 Å². The summed E-state index contributed by atoms with van der Waals surface area (Å²) in [5.41, 5.74) is 2.59. The first-order valence-electron chi connectivity index (χ1n) is 9.81. The zero-order valence-electron chi connectivity index (χ0n) is 17.2. The van der Waals surface area contributed by atoms with E-state index in [-0.39, 0.29) is 22.8 Å². The quantitative estimate of drug-likeness (QED) is 0.450. The molecule has 5 nitrogen and oxygen atoms in total. The van der Waals surface area contributed by atoms with Gasteiger partial charge < -0.3 is 0 Å². The maximum absolute atomic E-state index is 13.3. The Balaban J connectivity index is 1.59. The lowest BCUT2D eigenvalue weighted by Crippen LogP contribution is -2.21. The minimum absolute atomic E-state index is 0.212. The molecule has 4 aromatic rings. The Morgan fingerprint density at radius 3 is 2.50 bits per heavy atom. The largest absolute Gasteiger partial charge is 0.294 e. The summed E-state index contributed by atoms with van der Waals surface area (Å²) in [6.45, 7) is 0.265. The van der Waals surface area contributed by atoms with E-state index in [0.717, 1.165) is 17.4 Å². The van der Waals surface area contributed by atoms with Crippen molar-refractivity contribution in [3.05, 3.63) is 106 Å². The van der Waals surface area contributed by atoms with Crippen molar-refractivity contribution >= 4 is 20.7 Å². The van der Waals surface area contributed by atoms with Crippen molar-refractivity contribution in [2.24, 2.45) is 0 Å². The normalized spacial score (nSPS) is 11.2. The molecule has 0 N–H and O–H groups in total. The topological polar surface area (TPSA) is 69.0 Å². The maximum Gasteiger partial charge on any atom is 0.261 e. The number of benzene rings is 3. The predicted molar refractivity (Wildman–Crippen MR) is 122 cm³/mol. The van der Waals surface area contributed by atoms with Crippen LogP contribution in [0.3, 0.4) is 0 Å². The zero-order chi connectivity index (χ0) is 22.7. The second kappa shape index (κ2) is 8.77. The Morgan fingerprint density at radius 2 is 1.78 bits per heavy atom. The number of hydrogen-bond donors (Lipinski definition) is 0. The Kier molecular flexibility index (Phi) is 5.89. The highest BCUT2D eigenvalue weighted by Gasteiger charge is 2.08. The van der Waals surface area contributed by atoms with Gasteiger partial charge in [-0.3, -0.25) is 9.36 Å². The minimum atomic E-state index is -3.27. The first-order valence-corrected chi connectivity index (χ1v) is 11.7. The highest BCUT2D eigenvalue weighted by atomic mass is 32.2. The molecule has 0 saturated heterocycles. The number of rotatable bonds is 4. The summed E-state index contributed by atoms with van der Waals surface area (Å²) < 4.78 is 38.0. The van der Waals surface area contributed by atoms with Crippen molar-refractivity contribution in [3.63, 3.8) is 0 Å². The number of sulfone groups is 1. The Hall–Kier alpha value is -3.76. The third-order valence-corrected chi connectivity index (χ3v) is 6.07. The molecule has 160 valence electrons. The summed E-state index contributed by atoms with van der Waals surface area (Å²) in [6.07, 6.45) is 3.03. The minimum Gasteiger partial charge on any atom is -0.294 e. The van der Waals surface area contributed by atoms with E-state index in [1.165, 1.54) is 35.2 Å². The van der Waals surface area contributed by atoms with Gasteiger partial charge in [-0.15, -0.1) is 0 Å². The van der Waals surface area contributed by atoms with Crippen LogP contribution in [0.2, 0.25) is 0 Å². The summed E-state index contributed by atoms with van der Waals surface area (Å²) in [5.74, 6) is 5.72. The Labute approximate surface area is 185 Å². The van der Waals surface area contributed by atoms with Gasteiger partial charge >= 0.3 is 0 Å². The van der Waals surface area contributed by atoms with Gasteiger partial charge in [-0.05, 0) is 53.6 Å². The van der Waals surface area contributed by atoms with Crippen molar-refractivity contribution in [2.45, 2.75) is 17.9 Å². The van der Waals surface area contributed by atoms with Gasteiger partial charge in [0.25, 0.3) is 5.56 Å². The van der Waals surface area contributed by atoms with Gasteiger partial charge in [0.05, 0.1) is 28.7 Å². The summed E-state index contributed by atoms with van der Waals surface area (Å²) >= 11 is 0. The van der Waals surface area contributed by atoms with Crippen LogP contribution < -0.4 is 5.56 Å². The first-order chi connectivity index (χ1) is 15.3. The van der Waals surface area contributed by atoms with Crippen LogP contribution in [0.4, 0.5) is 4.39 Å². The lowest BCUT2D eigenvalue weighted by atomic mass is 10.1. The number of halogens is 1. The number of nitrogens with zero attached hydrogens (tertiary/aromatic N) is 2. The standard InChI is InChI=1S/C25H19FN2O3S/c1-32(30,31)22-11-8-20(9-12-22)16-28-17-27-24-13-10-19(15-23(24)25(28)29)5-2-4-18-6-3-7-21(26)14-18/h3,6-15,17H,4,16H2,1H3. The van der Waals surface area contributed by atoms with Crippen LogP contribution in [0.25, 0.3) is 10.9 Å². The SMILES string of the molecule is CS(=O)(=O)c1ccc(Cn2cnc3ccc(C#CCc4cccc(F)c4)cc3c2=O)cc1. The van der Waals surface area contributed by atoms with E-state index >= 15 is 0 Å². The number of hydrogen-bond acceptors (Lipinski definition) is 4. The summed E-state index contributed by atoms with van der Waals surface area (Å²) in [5, 5.41) is 0.442. The van der Waals surface area contributed by atoms with Gasteiger partial charge in [0.2, 0.25) is 0 Å². The smallest absolute Gasteiger partial charge is 0.261 e. The summed E-state index contributed by atoms with van der Waals surface area (Å²) in [6, 6.07) is 17.9. The molecule has 0 aliphatic carbocycles. The molecule has 0 radical (unpaired) electrons. The lowest BCUT2D eigenvalue weighted by Gasteiger charge is -2.08. The van der Waals surface area contributed by atoms with E-state index in [9.17, 15) is 17.6 Å². The molecule has 0 atom stereocenters. The molecule has 7 heteroatoms. The van der Waals surface area contributed by atoms with Gasteiger partial charge in [0.1, 0.15) is 5.82 Å². The molecule has 0 bridgehead atoms. The average molecular weight is 447 g/mol. The maximum atomic E-state index is 13.3. The highest BCUT2D eigenvalue weighted by Crippen LogP contribution is 2.13. The third-order valence-electron chi connectivity index (χ3n) is 4.94. The number of fused-ring (bicyclic) bond motifs is 1. The van der Waals surface area contributed by atoms with E-state index in [1.54, 1.807) is 36.4 Å². The molecule has 0 fully saturated rings. The lowest BCUT2D eigenvalue weighted by molar-refractivity contribution is 0.602. The van der Waals surface area contributed by atoms with E-state index < -0.39 is 9.84 Å². The van der Waals surface area contributed by atoms with Gasteiger partial charge in [-0.25, -0.2) is 17.8 Å².